The summed E-state index contributed by atoms with van der Waals surface area (Å²) >= 11 is 5.94. The predicted molar refractivity (Wildman–Crippen MR) is 90.8 cm³/mol. The predicted octanol–water partition coefficient (Wildman–Crippen LogP) is 3.50. The standard InChI is InChI=1S/C18H20ClN3O/c19-15-5-3-14(4-6-15)18(23)8-11-22(12-9-18)16-7-10-20-17(21-16)13-1-2-13/h3-7,10,13,23H,1-2,8-9,11-12H2. The van der Waals surface area contributed by atoms with E-state index in [2.05, 4.69) is 9.88 Å². The summed E-state index contributed by atoms with van der Waals surface area (Å²) in [6, 6.07) is 9.50. The molecule has 120 valence electrons. The van der Waals surface area contributed by atoms with Crippen molar-refractivity contribution < 1.29 is 5.11 Å². The summed E-state index contributed by atoms with van der Waals surface area (Å²) in [5, 5.41) is 11.6. The molecule has 0 amide bonds. The summed E-state index contributed by atoms with van der Waals surface area (Å²) in [5.41, 5.74) is 0.177. The van der Waals surface area contributed by atoms with E-state index in [1.807, 2.05) is 36.5 Å². The highest BCUT2D eigenvalue weighted by Crippen LogP contribution is 2.39. The van der Waals surface area contributed by atoms with Gasteiger partial charge in [0, 0.05) is 30.2 Å². The monoisotopic (exact) mass is 329 g/mol. The molecule has 2 aliphatic rings. The molecular weight excluding hydrogens is 310 g/mol. The fourth-order valence-corrected chi connectivity index (χ4v) is 3.36. The Morgan fingerprint density at radius 2 is 1.78 bits per heavy atom. The van der Waals surface area contributed by atoms with Crippen molar-refractivity contribution in [1.82, 2.24) is 9.97 Å². The third-order valence-corrected chi connectivity index (χ3v) is 5.15. The lowest BCUT2D eigenvalue weighted by Gasteiger charge is -2.39. The van der Waals surface area contributed by atoms with Crippen LogP contribution < -0.4 is 4.90 Å². The van der Waals surface area contributed by atoms with Crippen LogP contribution in [0.4, 0.5) is 5.82 Å². The first-order valence-corrected chi connectivity index (χ1v) is 8.58. The van der Waals surface area contributed by atoms with Gasteiger partial charge in [0.1, 0.15) is 11.6 Å². The molecule has 1 N–H and O–H groups in total. The summed E-state index contributed by atoms with van der Waals surface area (Å²) in [5.74, 6) is 2.52. The van der Waals surface area contributed by atoms with Crippen LogP contribution in [0.2, 0.25) is 5.02 Å². The van der Waals surface area contributed by atoms with Crippen LogP contribution in [-0.2, 0) is 5.60 Å². The van der Waals surface area contributed by atoms with Gasteiger partial charge in [-0.2, -0.15) is 0 Å². The SMILES string of the molecule is OC1(c2ccc(Cl)cc2)CCN(c2ccnc(C3CC3)n2)CC1. The Balaban J connectivity index is 1.48. The van der Waals surface area contributed by atoms with E-state index in [1.165, 1.54) is 12.8 Å². The molecule has 1 aliphatic heterocycles. The number of hydrogen-bond acceptors (Lipinski definition) is 4. The Morgan fingerprint density at radius 3 is 2.43 bits per heavy atom. The molecule has 23 heavy (non-hydrogen) atoms. The van der Waals surface area contributed by atoms with Crippen LogP contribution in [0.1, 0.15) is 43.0 Å². The zero-order chi connectivity index (χ0) is 15.9. The van der Waals surface area contributed by atoms with Gasteiger partial charge in [-0.25, -0.2) is 9.97 Å². The molecule has 2 aromatic rings. The van der Waals surface area contributed by atoms with Crippen LogP contribution >= 0.6 is 11.6 Å². The van der Waals surface area contributed by atoms with Crippen molar-refractivity contribution in [3.05, 3.63) is 52.9 Å². The number of aliphatic hydroxyl groups is 1. The molecular formula is C18H20ClN3O. The Hall–Kier alpha value is -1.65. The third-order valence-electron chi connectivity index (χ3n) is 4.90. The van der Waals surface area contributed by atoms with E-state index in [4.69, 9.17) is 16.6 Å². The molecule has 1 saturated carbocycles. The van der Waals surface area contributed by atoms with E-state index in [-0.39, 0.29) is 0 Å². The number of nitrogens with zero attached hydrogens (tertiary/aromatic N) is 3. The van der Waals surface area contributed by atoms with Gasteiger partial charge >= 0.3 is 0 Å². The molecule has 4 nitrogen and oxygen atoms in total. The fraction of sp³-hybridized carbons (Fsp3) is 0.444. The van der Waals surface area contributed by atoms with Crippen molar-refractivity contribution in [1.29, 1.82) is 0 Å². The largest absolute Gasteiger partial charge is 0.385 e. The maximum atomic E-state index is 10.9. The van der Waals surface area contributed by atoms with Gasteiger partial charge in [0.25, 0.3) is 0 Å². The third kappa shape index (κ3) is 3.06. The normalized spacial score (nSPS) is 20.5. The minimum absolute atomic E-state index is 0.561. The maximum absolute atomic E-state index is 10.9. The number of hydrogen-bond donors (Lipinski definition) is 1. The summed E-state index contributed by atoms with van der Waals surface area (Å²) in [6.07, 6.45) is 5.66. The molecule has 0 atom stereocenters. The maximum Gasteiger partial charge on any atom is 0.133 e. The Morgan fingerprint density at radius 1 is 1.09 bits per heavy atom. The zero-order valence-electron chi connectivity index (χ0n) is 13.0. The smallest absolute Gasteiger partial charge is 0.133 e. The second-order valence-electron chi connectivity index (χ2n) is 6.57. The summed E-state index contributed by atoms with van der Waals surface area (Å²) in [7, 11) is 0. The zero-order valence-corrected chi connectivity index (χ0v) is 13.7. The van der Waals surface area contributed by atoms with Crippen LogP contribution in [0.3, 0.4) is 0 Å². The molecule has 4 rings (SSSR count). The van der Waals surface area contributed by atoms with Crippen molar-refractivity contribution in [3.8, 4) is 0 Å². The second kappa shape index (κ2) is 5.77. The fourth-order valence-electron chi connectivity index (χ4n) is 3.23. The molecule has 1 aromatic carbocycles. The van der Waals surface area contributed by atoms with E-state index in [1.54, 1.807) is 0 Å². The van der Waals surface area contributed by atoms with Gasteiger partial charge in [-0.3, -0.25) is 0 Å². The molecule has 5 heteroatoms. The Labute approximate surface area is 141 Å². The Kier molecular flexibility index (Phi) is 3.74. The molecule has 0 unspecified atom stereocenters. The molecule has 0 bridgehead atoms. The number of halogens is 1. The summed E-state index contributed by atoms with van der Waals surface area (Å²) in [6.45, 7) is 1.58. The number of rotatable bonds is 3. The second-order valence-corrected chi connectivity index (χ2v) is 7.01. The topological polar surface area (TPSA) is 49.2 Å². The molecule has 1 saturated heterocycles. The number of aromatic nitrogens is 2. The van der Waals surface area contributed by atoms with E-state index in [9.17, 15) is 5.11 Å². The molecule has 1 aliphatic carbocycles. The lowest BCUT2D eigenvalue weighted by molar-refractivity contribution is 0.0116. The van der Waals surface area contributed by atoms with Crippen molar-refractivity contribution in [2.24, 2.45) is 0 Å². The van der Waals surface area contributed by atoms with Gasteiger partial charge < -0.3 is 10.0 Å². The van der Waals surface area contributed by atoms with Gasteiger partial charge in [-0.15, -0.1) is 0 Å². The number of piperidine rings is 1. The number of anilines is 1. The average molecular weight is 330 g/mol. The van der Waals surface area contributed by atoms with Crippen LogP contribution in [0.25, 0.3) is 0 Å². The van der Waals surface area contributed by atoms with Gasteiger partial charge in [-0.1, -0.05) is 23.7 Å². The van der Waals surface area contributed by atoms with Crippen LogP contribution in [0.5, 0.6) is 0 Å². The highest BCUT2D eigenvalue weighted by Gasteiger charge is 2.35. The van der Waals surface area contributed by atoms with E-state index >= 15 is 0 Å². The minimum atomic E-state index is -0.770. The van der Waals surface area contributed by atoms with Crippen molar-refractivity contribution in [3.63, 3.8) is 0 Å². The van der Waals surface area contributed by atoms with E-state index in [0.717, 1.165) is 30.3 Å². The van der Waals surface area contributed by atoms with Gasteiger partial charge in [0.15, 0.2) is 0 Å². The van der Waals surface area contributed by atoms with Gasteiger partial charge in [0.2, 0.25) is 0 Å². The van der Waals surface area contributed by atoms with Gasteiger partial charge in [-0.05, 0) is 49.4 Å². The summed E-state index contributed by atoms with van der Waals surface area (Å²) in [4.78, 5) is 11.3. The van der Waals surface area contributed by atoms with Gasteiger partial charge in [0.05, 0.1) is 5.60 Å². The Bertz CT molecular complexity index is 692. The molecule has 0 radical (unpaired) electrons. The van der Waals surface area contributed by atoms with Crippen LogP contribution in [0, 0.1) is 0 Å². The summed E-state index contributed by atoms with van der Waals surface area (Å²) < 4.78 is 0. The first kappa shape index (κ1) is 14.9. The van der Waals surface area contributed by atoms with Crippen LogP contribution in [0.15, 0.2) is 36.5 Å². The molecule has 0 spiro atoms. The minimum Gasteiger partial charge on any atom is -0.385 e. The number of benzene rings is 1. The van der Waals surface area contributed by atoms with Crippen molar-refractivity contribution in [2.75, 3.05) is 18.0 Å². The lowest BCUT2D eigenvalue weighted by Crippen LogP contribution is -2.43. The molecule has 2 fully saturated rings. The highest BCUT2D eigenvalue weighted by atomic mass is 35.5. The molecule has 1 aromatic heterocycles. The van der Waals surface area contributed by atoms with E-state index in [0.29, 0.717) is 23.8 Å². The first-order chi connectivity index (χ1) is 11.1. The quantitative estimate of drug-likeness (QED) is 0.936. The highest BCUT2D eigenvalue weighted by molar-refractivity contribution is 6.30. The lowest BCUT2D eigenvalue weighted by atomic mass is 9.84. The van der Waals surface area contributed by atoms with E-state index < -0.39 is 5.60 Å². The molecule has 2 heterocycles. The van der Waals surface area contributed by atoms with Crippen LogP contribution in [-0.4, -0.2) is 28.2 Å². The first-order valence-electron chi connectivity index (χ1n) is 8.20. The van der Waals surface area contributed by atoms with Crippen molar-refractivity contribution >= 4 is 17.4 Å². The van der Waals surface area contributed by atoms with Crippen molar-refractivity contribution in [2.45, 2.75) is 37.2 Å². The average Bonchev–Trinajstić information content (AvgIpc) is 3.41.